The molecule has 7 nitrogen and oxygen atoms in total. The number of sulfonamides is 1. The lowest BCUT2D eigenvalue weighted by Gasteiger charge is -2.24. The fourth-order valence-corrected chi connectivity index (χ4v) is 4.52. The second kappa shape index (κ2) is 7.29. The molecule has 2 rings (SSSR count). The average molecular weight is 342 g/mol. The molecule has 0 aromatic heterocycles. The van der Waals surface area contributed by atoms with Gasteiger partial charge in [-0.3, -0.25) is 0 Å². The van der Waals surface area contributed by atoms with Gasteiger partial charge in [0.25, 0.3) is 0 Å². The summed E-state index contributed by atoms with van der Waals surface area (Å²) in [7, 11) is 0.822. The van der Waals surface area contributed by atoms with Crippen molar-refractivity contribution in [3.8, 4) is 5.75 Å². The van der Waals surface area contributed by atoms with Crippen LogP contribution >= 0.6 is 0 Å². The molecule has 1 fully saturated rings. The monoisotopic (exact) mass is 342 g/mol. The highest BCUT2D eigenvalue weighted by atomic mass is 32.2. The van der Waals surface area contributed by atoms with Gasteiger partial charge in [0.1, 0.15) is 11.3 Å². The Morgan fingerprint density at radius 1 is 1.39 bits per heavy atom. The largest absolute Gasteiger partial charge is 0.496 e. The first-order chi connectivity index (χ1) is 11.0. The van der Waals surface area contributed by atoms with Gasteiger partial charge in [0.15, 0.2) is 0 Å². The van der Waals surface area contributed by atoms with Crippen LogP contribution in [0.4, 0.5) is 0 Å². The molecule has 1 saturated heterocycles. The van der Waals surface area contributed by atoms with Crippen LogP contribution in [0.5, 0.6) is 5.75 Å². The Bertz CT molecular complexity index is 674. The summed E-state index contributed by atoms with van der Waals surface area (Å²) in [6.45, 7) is 1.10. The van der Waals surface area contributed by atoms with Crippen molar-refractivity contribution in [2.24, 2.45) is 0 Å². The molecule has 0 radical (unpaired) electrons. The number of carbonyl (C=O) groups is 1. The van der Waals surface area contributed by atoms with Crippen LogP contribution in [-0.4, -0.2) is 59.1 Å². The van der Waals surface area contributed by atoms with Crippen molar-refractivity contribution in [1.29, 1.82) is 0 Å². The molecule has 23 heavy (non-hydrogen) atoms. The molecule has 128 valence electrons. The van der Waals surface area contributed by atoms with Crippen LogP contribution in [0, 0.1) is 0 Å². The molecular formula is C15H22N2O5S. The third-order valence-corrected chi connectivity index (χ3v) is 5.90. The van der Waals surface area contributed by atoms with Crippen molar-refractivity contribution < 1.29 is 22.7 Å². The van der Waals surface area contributed by atoms with E-state index >= 15 is 0 Å². The summed E-state index contributed by atoms with van der Waals surface area (Å²) in [4.78, 5) is 11.8. The number of benzene rings is 1. The topological polar surface area (TPSA) is 84.9 Å². The fourth-order valence-electron chi connectivity index (χ4n) is 2.81. The van der Waals surface area contributed by atoms with Crippen molar-refractivity contribution in [2.75, 3.05) is 34.4 Å². The highest BCUT2D eigenvalue weighted by Crippen LogP contribution is 2.29. The number of methoxy groups -OCH3 is 2. The van der Waals surface area contributed by atoms with E-state index in [1.54, 1.807) is 7.05 Å². The Balaban J connectivity index is 2.38. The summed E-state index contributed by atoms with van der Waals surface area (Å²) in [6, 6.07) is 4.15. The number of hydrogen-bond donors (Lipinski definition) is 1. The van der Waals surface area contributed by atoms with Gasteiger partial charge in [-0.1, -0.05) is 0 Å². The van der Waals surface area contributed by atoms with Crippen LogP contribution in [0.15, 0.2) is 23.1 Å². The highest BCUT2D eigenvalue weighted by Gasteiger charge is 2.35. The predicted octanol–water partition coefficient (Wildman–Crippen LogP) is 0.854. The Kier molecular flexibility index (Phi) is 5.61. The van der Waals surface area contributed by atoms with E-state index in [1.807, 2.05) is 0 Å². The maximum absolute atomic E-state index is 12.9. The van der Waals surface area contributed by atoms with Crippen molar-refractivity contribution in [3.05, 3.63) is 23.8 Å². The summed E-state index contributed by atoms with van der Waals surface area (Å²) < 4.78 is 37.1. The molecule has 0 spiro atoms. The number of nitrogens with one attached hydrogen (secondary N) is 1. The van der Waals surface area contributed by atoms with Gasteiger partial charge in [-0.25, -0.2) is 13.2 Å². The molecule has 0 aliphatic carbocycles. The standard InChI is InChI=1S/C15H22N2O5S/c1-16-10-11-5-4-8-17(11)23(19,20)12-6-7-13(15(18)22-3)14(9-12)21-2/h6-7,9,11,16H,4-5,8,10H2,1-3H3. The first kappa shape index (κ1) is 17.7. The summed E-state index contributed by atoms with van der Waals surface area (Å²) in [5, 5.41) is 3.03. The lowest BCUT2D eigenvalue weighted by atomic mass is 10.2. The van der Waals surface area contributed by atoms with E-state index in [1.165, 1.54) is 36.7 Å². The minimum absolute atomic E-state index is 0.0590. The van der Waals surface area contributed by atoms with E-state index in [2.05, 4.69) is 10.1 Å². The molecule has 1 heterocycles. The van der Waals surface area contributed by atoms with Crippen molar-refractivity contribution >= 4 is 16.0 Å². The molecule has 0 bridgehead atoms. The van der Waals surface area contributed by atoms with Gasteiger partial charge in [0, 0.05) is 25.2 Å². The Labute approximate surface area is 136 Å². The van der Waals surface area contributed by atoms with E-state index < -0.39 is 16.0 Å². The molecule has 1 N–H and O–H groups in total. The minimum atomic E-state index is -3.63. The van der Waals surface area contributed by atoms with Gasteiger partial charge >= 0.3 is 5.97 Å². The quantitative estimate of drug-likeness (QED) is 0.772. The molecule has 1 atom stereocenters. The smallest absolute Gasteiger partial charge is 0.341 e. The van der Waals surface area contributed by atoms with E-state index in [0.717, 1.165) is 12.8 Å². The number of likely N-dealkylation sites (N-methyl/N-ethyl adjacent to an activating group) is 1. The molecule has 1 aromatic rings. The van der Waals surface area contributed by atoms with Crippen LogP contribution < -0.4 is 10.1 Å². The number of carbonyl (C=O) groups excluding carboxylic acids is 1. The van der Waals surface area contributed by atoms with Crippen LogP contribution in [0.2, 0.25) is 0 Å². The van der Waals surface area contributed by atoms with Crippen molar-refractivity contribution in [2.45, 2.75) is 23.8 Å². The fraction of sp³-hybridized carbons (Fsp3) is 0.533. The van der Waals surface area contributed by atoms with Crippen molar-refractivity contribution in [3.63, 3.8) is 0 Å². The van der Waals surface area contributed by atoms with Crippen LogP contribution in [0.3, 0.4) is 0 Å². The number of rotatable bonds is 6. The van der Waals surface area contributed by atoms with Crippen LogP contribution in [0.1, 0.15) is 23.2 Å². The predicted molar refractivity (Wildman–Crippen MR) is 85.2 cm³/mol. The molecule has 0 saturated carbocycles. The summed E-state index contributed by atoms with van der Waals surface area (Å²) in [5.41, 5.74) is 0.196. The minimum Gasteiger partial charge on any atom is -0.496 e. The Hall–Kier alpha value is -1.64. The van der Waals surface area contributed by atoms with Crippen molar-refractivity contribution in [1.82, 2.24) is 9.62 Å². The Morgan fingerprint density at radius 3 is 2.74 bits per heavy atom. The molecule has 1 aromatic carbocycles. The summed E-state index contributed by atoms with van der Waals surface area (Å²) in [6.07, 6.45) is 1.67. The van der Waals surface area contributed by atoms with Gasteiger partial charge in [0.05, 0.1) is 19.1 Å². The third-order valence-electron chi connectivity index (χ3n) is 3.95. The zero-order valence-electron chi connectivity index (χ0n) is 13.5. The van der Waals surface area contributed by atoms with E-state index in [9.17, 15) is 13.2 Å². The molecule has 1 unspecified atom stereocenters. The van der Waals surface area contributed by atoms with E-state index in [4.69, 9.17) is 4.74 Å². The summed E-state index contributed by atoms with van der Waals surface area (Å²) >= 11 is 0. The lowest BCUT2D eigenvalue weighted by Crippen LogP contribution is -2.40. The molecule has 8 heteroatoms. The zero-order chi connectivity index (χ0) is 17.0. The average Bonchev–Trinajstić information content (AvgIpc) is 3.03. The Morgan fingerprint density at radius 2 is 2.13 bits per heavy atom. The maximum Gasteiger partial charge on any atom is 0.341 e. The number of esters is 1. The molecule has 1 aliphatic rings. The van der Waals surface area contributed by atoms with Gasteiger partial charge in [-0.15, -0.1) is 0 Å². The maximum atomic E-state index is 12.9. The second-order valence-electron chi connectivity index (χ2n) is 5.32. The first-order valence-corrected chi connectivity index (χ1v) is 8.82. The van der Waals surface area contributed by atoms with Gasteiger partial charge in [0.2, 0.25) is 10.0 Å². The number of nitrogens with zero attached hydrogens (tertiary/aromatic N) is 1. The molecule has 1 aliphatic heterocycles. The zero-order valence-corrected chi connectivity index (χ0v) is 14.4. The summed E-state index contributed by atoms with van der Waals surface area (Å²) in [5.74, 6) is -0.387. The SMILES string of the molecule is CNCC1CCCN1S(=O)(=O)c1ccc(C(=O)OC)c(OC)c1. The van der Waals surface area contributed by atoms with Gasteiger partial charge < -0.3 is 14.8 Å². The van der Waals surface area contributed by atoms with Gasteiger partial charge in [-0.05, 0) is 32.0 Å². The van der Waals surface area contributed by atoms with Gasteiger partial charge in [-0.2, -0.15) is 4.31 Å². The second-order valence-corrected chi connectivity index (χ2v) is 7.21. The van der Waals surface area contributed by atoms with Crippen LogP contribution in [0.25, 0.3) is 0 Å². The number of hydrogen-bond acceptors (Lipinski definition) is 6. The third kappa shape index (κ3) is 3.49. The lowest BCUT2D eigenvalue weighted by molar-refractivity contribution is 0.0597. The number of ether oxygens (including phenoxy) is 2. The van der Waals surface area contributed by atoms with E-state index in [0.29, 0.717) is 13.1 Å². The normalized spacial score (nSPS) is 18.8. The first-order valence-electron chi connectivity index (χ1n) is 7.38. The highest BCUT2D eigenvalue weighted by molar-refractivity contribution is 7.89. The molecular weight excluding hydrogens is 320 g/mol. The van der Waals surface area contributed by atoms with E-state index in [-0.39, 0.29) is 22.3 Å². The molecule has 0 amide bonds. The van der Waals surface area contributed by atoms with Crippen LogP contribution in [-0.2, 0) is 14.8 Å².